The smallest absolute Gasteiger partial charge is 0.311 e. The minimum Gasteiger partial charge on any atom is -0.481 e. The Labute approximate surface area is 86.4 Å². The van der Waals surface area contributed by atoms with Crippen LogP contribution in [0.2, 0.25) is 0 Å². The summed E-state index contributed by atoms with van der Waals surface area (Å²) >= 11 is 0. The van der Waals surface area contributed by atoms with Gasteiger partial charge in [0.05, 0.1) is 12.3 Å². The lowest BCUT2D eigenvalue weighted by atomic mass is 9.93. The molecule has 15 heavy (non-hydrogen) atoms. The van der Waals surface area contributed by atoms with Crippen molar-refractivity contribution in [1.29, 1.82) is 0 Å². The van der Waals surface area contributed by atoms with Crippen molar-refractivity contribution in [3.05, 3.63) is 29.6 Å². The van der Waals surface area contributed by atoms with Crippen molar-refractivity contribution in [2.75, 3.05) is 0 Å². The van der Waals surface area contributed by atoms with E-state index in [0.717, 1.165) is 0 Å². The average molecular weight is 209 g/mol. The topological polar surface area (TPSA) is 87.5 Å². The van der Waals surface area contributed by atoms with E-state index in [1.54, 1.807) is 6.92 Å². The van der Waals surface area contributed by atoms with E-state index >= 15 is 0 Å². The van der Waals surface area contributed by atoms with Gasteiger partial charge in [-0.2, -0.15) is 0 Å². The molecular weight excluding hydrogens is 198 g/mol. The van der Waals surface area contributed by atoms with Gasteiger partial charge in [0.15, 0.2) is 0 Å². The lowest BCUT2D eigenvalue weighted by molar-refractivity contribution is -0.145. The SMILES string of the molecule is Cc1cnccc1C(CC(=O)O)C(=O)O. The van der Waals surface area contributed by atoms with Crippen molar-refractivity contribution < 1.29 is 19.8 Å². The first kappa shape index (κ1) is 11.2. The highest BCUT2D eigenvalue weighted by molar-refractivity contribution is 5.82. The van der Waals surface area contributed by atoms with Gasteiger partial charge in [0.25, 0.3) is 0 Å². The fourth-order valence-electron chi connectivity index (χ4n) is 1.38. The molecule has 1 unspecified atom stereocenters. The Morgan fingerprint density at radius 2 is 2.13 bits per heavy atom. The molecule has 0 spiro atoms. The zero-order valence-corrected chi connectivity index (χ0v) is 8.17. The average Bonchev–Trinajstić information content (AvgIpc) is 2.15. The molecule has 0 aliphatic carbocycles. The van der Waals surface area contributed by atoms with Gasteiger partial charge in [-0.1, -0.05) is 0 Å². The number of carboxylic acids is 2. The van der Waals surface area contributed by atoms with Crippen LogP contribution in [0.15, 0.2) is 18.5 Å². The minimum atomic E-state index is -1.13. The van der Waals surface area contributed by atoms with Crippen LogP contribution >= 0.6 is 0 Å². The molecule has 1 rings (SSSR count). The molecule has 1 aromatic rings. The summed E-state index contributed by atoms with van der Waals surface area (Å²) in [4.78, 5) is 25.2. The molecule has 0 saturated heterocycles. The number of carboxylic acid groups (broad SMARTS) is 2. The summed E-state index contributed by atoms with van der Waals surface area (Å²) in [6, 6.07) is 1.54. The Morgan fingerprint density at radius 1 is 1.47 bits per heavy atom. The third-order valence-electron chi connectivity index (χ3n) is 2.12. The molecular formula is C10H11NO4. The number of rotatable bonds is 4. The number of carbonyl (C=O) groups is 2. The predicted molar refractivity (Wildman–Crippen MR) is 51.6 cm³/mol. The molecule has 5 nitrogen and oxygen atoms in total. The maximum absolute atomic E-state index is 10.9. The van der Waals surface area contributed by atoms with Crippen LogP contribution in [0, 0.1) is 6.92 Å². The van der Waals surface area contributed by atoms with Gasteiger partial charge in [0.1, 0.15) is 0 Å². The van der Waals surface area contributed by atoms with Gasteiger partial charge in [-0.25, -0.2) is 0 Å². The highest BCUT2D eigenvalue weighted by Crippen LogP contribution is 2.22. The van der Waals surface area contributed by atoms with Crippen LogP contribution in [0.25, 0.3) is 0 Å². The third-order valence-corrected chi connectivity index (χ3v) is 2.12. The van der Waals surface area contributed by atoms with E-state index in [0.29, 0.717) is 11.1 Å². The van der Waals surface area contributed by atoms with Crippen LogP contribution in [-0.4, -0.2) is 27.1 Å². The third kappa shape index (κ3) is 2.77. The van der Waals surface area contributed by atoms with Crippen LogP contribution in [0.4, 0.5) is 0 Å². The molecule has 0 aliphatic heterocycles. The number of pyridine rings is 1. The molecule has 1 aromatic heterocycles. The lowest BCUT2D eigenvalue weighted by Crippen LogP contribution is -2.16. The first-order chi connectivity index (χ1) is 7.02. The maximum atomic E-state index is 10.9. The summed E-state index contributed by atoms with van der Waals surface area (Å²) in [6.45, 7) is 1.71. The van der Waals surface area contributed by atoms with Gasteiger partial charge in [0.2, 0.25) is 0 Å². The van der Waals surface area contributed by atoms with Crippen molar-refractivity contribution in [3.63, 3.8) is 0 Å². The van der Waals surface area contributed by atoms with Crippen LogP contribution in [0.5, 0.6) is 0 Å². The Balaban J connectivity index is 3.04. The predicted octanol–water partition coefficient (Wildman–Crippen LogP) is 1.03. The summed E-state index contributed by atoms with van der Waals surface area (Å²) in [6.07, 6.45) is 2.56. The summed E-state index contributed by atoms with van der Waals surface area (Å²) in [5.41, 5.74) is 1.19. The van der Waals surface area contributed by atoms with Crippen LogP contribution in [0.3, 0.4) is 0 Å². The molecule has 80 valence electrons. The van der Waals surface area contributed by atoms with E-state index in [1.807, 2.05) is 0 Å². The van der Waals surface area contributed by atoms with Crippen LogP contribution < -0.4 is 0 Å². The number of aliphatic carboxylic acids is 2. The summed E-state index contributed by atoms with van der Waals surface area (Å²) in [7, 11) is 0. The molecule has 0 amide bonds. The van der Waals surface area contributed by atoms with E-state index in [1.165, 1.54) is 18.5 Å². The number of hydrogen-bond acceptors (Lipinski definition) is 3. The number of hydrogen-bond donors (Lipinski definition) is 2. The van der Waals surface area contributed by atoms with Crippen LogP contribution in [0.1, 0.15) is 23.5 Å². The monoisotopic (exact) mass is 209 g/mol. The molecule has 0 bridgehead atoms. The highest BCUT2D eigenvalue weighted by atomic mass is 16.4. The molecule has 0 fully saturated rings. The van der Waals surface area contributed by atoms with E-state index in [4.69, 9.17) is 10.2 Å². The zero-order chi connectivity index (χ0) is 11.4. The normalized spacial score (nSPS) is 12.1. The van der Waals surface area contributed by atoms with Gasteiger partial charge in [-0.3, -0.25) is 14.6 Å². The van der Waals surface area contributed by atoms with E-state index in [-0.39, 0.29) is 0 Å². The first-order valence-corrected chi connectivity index (χ1v) is 4.37. The Hall–Kier alpha value is -1.91. The standard InChI is InChI=1S/C10H11NO4/c1-6-5-11-3-2-7(6)8(10(14)15)4-9(12)13/h2-3,5,8H,4H2,1H3,(H,12,13)(H,14,15). The highest BCUT2D eigenvalue weighted by Gasteiger charge is 2.24. The summed E-state index contributed by atoms with van der Waals surface area (Å²) < 4.78 is 0. The van der Waals surface area contributed by atoms with Crippen LogP contribution in [-0.2, 0) is 9.59 Å². The van der Waals surface area contributed by atoms with Crippen molar-refractivity contribution in [2.45, 2.75) is 19.3 Å². The van der Waals surface area contributed by atoms with E-state index < -0.39 is 24.3 Å². The molecule has 0 saturated carbocycles. The second-order valence-electron chi connectivity index (χ2n) is 3.22. The number of nitrogens with zero attached hydrogens (tertiary/aromatic N) is 1. The zero-order valence-electron chi connectivity index (χ0n) is 8.17. The van der Waals surface area contributed by atoms with Gasteiger partial charge in [0, 0.05) is 12.4 Å². The first-order valence-electron chi connectivity index (χ1n) is 4.37. The molecule has 0 radical (unpaired) electrons. The number of aryl methyl sites for hydroxylation is 1. The largest absolute Gasteiger partial charge is 0.481 e. The number of aromatic nitrogens is 1. The quantitative estimate of drug-likeness (QED) is 0.773. The van der Waals surface area contributed by atoms with Crippen molar-refractivity contribution in [3.8, 4) is 0 Å². The Kier molecular flexibility index (Phi) is 3.38. The van der Waals surface area contributed by atoms with Gasteiger partial charge < -0.3 is 10.2 Å². The molecule has 2 N–H and O–H groups in total. The second kappa shape index (κ2) is 4.54. The molecule has 1 atom stereocenters. The molecule has 1 heterocycles. The molecule has 0 aromatic carbocycles. The Morgan fingerprint density at radius 3 is 2.60 bits per heavy atom. The fourth-order valence-corrected chi connectivity index (χ4v) is 1.38. The van der Waals surface area contributed by atoms with Gasteiger partial charge in [-0.05, 0) is 24.1 Å². The molecule has 5 heteroatoms. The summed E-state index contributed by atoms with van der Waals surface area (Å²) in [5, 5.41) is 17.5. The van der Waals surface area contributed by atoms with Crippen molar-refractivity contribution >= 4 is 11.9 Å². The maximum Gasteiger partial charge on any atom is 0.311 e. The fraction of sp³-hybridized carbons (Fsp3) is 0.300. The minimum absolute atomic E-state index is 0.416. The van der Waals surface area contributed by atoms with Crippen molar-refractivity contribution in [2.24, 2.45) is 0 Å². The van der Waals surface area contributed by atoms with Gasteiger partial charge in [-0.15, -0.1) is 0 Å². The lowest BCUT2D eigenvalue weighted by Gasteiger charge is -2.12. The van der Waals surface area contributed by atoms with E-state index in [9.17, 15) is 9.59 Å². The van der Waals surface area contributed by atoms with Gasteiger partial charge >= 0.3 is 11.9 Å². The molecule has 0 aliphatic rings. The second-order valence-corrected chi connectivity index (χ2v) is 3.22. The van der Waals surface area contributed by atoms with E-state index in [2.05, 4.69) is 4.98 Å². The van der Waals surface area contributed by atoms with Crippen molar-refractivity contribution in [1.82, 2.24) is 4.98 Å². The Bertz CT molecular complexity index is 389. The summed E-state index contributed by atoms with van der Waals surface area (Å²) in [5.74, 6) is -3.27.